The Bertz CT molecular complexity index is 1720. The highest BCUT2D eigenvalue weighted by molar-refractivity contribution is 7.92. The summed E-state index contributed by atoms with van der Waals surface area (Å²) in [5, 5.41) is 3.27. The summed E-state index contributed by atoms with van der Waals surface area (Å²) in [7, 11) is -2.09. The van der Waals surface area contributed by atoms with Gasteiger partial charge in [0.05, 0.1) is 36.5 Å². The lowest BCUT2D eigenvalue weighted by molar-refractivity contribution is 0.0725. The minimum atomic E-state index is -3.67. The Hall–Kier alpha value is -4.35. The molecule has 1 fully saturated rings. The van der Waals surface area contributed by atoms with E-state index in [0.29, 0.717) is 55.3 Å². The third kappa shape index (κ3) is 6.12. The number of benzene rings is 3. The monoisotopic (exact) mass is 589 g/mol. The van der Waals surface area contributed by atoms with Crippen molar-refractivity contribution in [1.82, 2.24) is 19.4 Å². The Morgan fingerprint density at radius 1 is 0.976 bits per heavy atom. The van der Waals surface area contributed by atoms with Crippen molar-refractivity contribution in [2.45, 2.75) is 19.9 Å². The smallest absolute Gasteiger partial charge is 0.334 e. The molecular formula is C31H35N5O5S. The van der Waals surface area contributed by atoms with Crippen LogP contribution in [-0.4, -0.2) is 67.4 Å². The van der Waals surface area contributed by atoms with Crippen molar-refractivity contribution in [3.63, 3.8) is 0 Å². The van der Waals surface area contributed by atoms with E-state index >= 15 is 0 Å². The molecule has 0 aliphatic carbocycles. The Labute approximate surface area is 245 Å². The van der Waals surface area contributed by atoms with Gasteiger partial charge in [0, 0.05) is 31.7 Å². The zero-order valence-electron chi connectivity index (χ0n) is 23.7. The molecule has 42 heavy (non-hydrogen) atoms. The fourth-order valence-corrected chi connectivity index (χ4v) is 6.35. The van der Waals surface area contributed by atoms with Crippen LogP contribution in [0.5, 0.6) is 5.75 Å². The number of aromatic nitrogens is 2. The van der Waals surface area contributed by atoms with Crippen LogP contribution in [0.1, 0.15) is 29.4 Å². The lowest BCUT2D eigenvalue weighted by atomic mass is 10.1. The van der Waals surface area contributed by atoms with Gasteiger partial charge < -0.3 is 15.0 Å². The van der Waals surface area contributed by atoms with Gasteiger partial charge >= 0.3 is 5.69 Å². The van der Waals surface area contributed by atoms with Gasteiger partial charge in [0.1, 0.15) is 11.4 Å². The van der Waals surface area contributed by atoms with Crippen molar-refractivity contribution in [3.05, 3.63) is 101 Å². The van der Waals surface area contributed by atoms with Gasteiger partial charge in [0.25, 0.3) is 5.91 Å². The molecule has 1 aliphatic heterocycles. The molecular weight excluding hydrogens is 554 g/mol. The van der Waals surface area contributed by atoms with E-state index in [9.17, 15) is 18.0 Å². The third-order valence-corrected chi connectivity index (χ3v) is 8.63. The first-order valence-corrected chi connectivity index (χ1v) is 15.6. The number of carbonyl (C=O) groups excluding carboxylic acids is 1. The number of carbonyl (C=O) groups is 1. The van der Waals surface area contributed by atoms with Crippen LogP contribution < -0.4 is 20.5 Å². The minimum Gasteiger partial charge on any atom is -0.497 e. The highest BCUT2D eigenvalue weighted by atomic mass is 32.2. The Balaban J connectivity index is 1.79. The van der Waals surface area contributed by atoms with Gasteiger partial charge in [-0.2, -0.15) is 0 Å². The molecule has 220 valence electrons. The van der Waals surface area contributed by atoms with Crippen LogP contribution in [0.3, 0.4) is 0 Å². The van der Waals surface area contributed by atoms with E-state index in [1.165, 1.54) is 9.13 Å². The molecule has 4 aromatic rings. The predicted octanol–water partition coefficient (Wildman–Crippen LogP) is 3.56. The highest BCUT2D eigenvalue weighted by Crippen LogP contribution is 2.31. The topological polar surface area (TPSA) is 115 Å². The number of nitrogens with zero attached hydrogens (tertiary/aromatic N) is 3. The van der Waals surface area contributed by atoms with Crippen molar-refractivity contribution < 1.29 is 17.9 Å². The first kappa shape index (κ1) is 29.2. The number of rotatable bonds is 10. The molecule has 11 heteroatoms. The Kier molecular flexibility index (Phi) is 8.79. The molecule has 2 N–H and O–H groups in total. The van der Waals surface area contributed by atoms with Crippen molar-refractivity contribution in [3.8, 4) is 22.7 Å². The summed E-state index contributed by atoms with van der Waals surface area (Å²) in [4.78, 5) is 30.6. The number of sulfonamides is 1. The zero-order valence-corrected chi connectivity index (χ0v) is 24.6. The largest absolute Gasteiger partial charge is 0.497 e. The van der Waals surface area contributed by atoms with E-state index in [1.807, 2.05) is 54.6 Å². The van der Waals surface area contributed by atoms with Crippen LogP contribution in [0, 0.1) is 0 Å². The van der Waals surface area contributed by atoms with Crippen molar-refractivity contribution in [2.75, 3.05) is 43.8 Å². The van der Waals surface area contributed by atoms with Gasteiger partial charge in [0.2, 0.25) is 10.0 Å². The highest BCUT2D eigenvalue weighted by Gasteiger charge is 2.31. The third-order valence-electron chi connectivity index (χ3n) is 7.15. The van der Waals surface area contributed by atoms with Gasteiger partial charge in [-0.15, -0.1) is 0 Å². The number of hydrogen-bond acceptors (Lipinski definition) is 6. The Morgan fingerprint density at radius 2 is 1.69 bits per heavy atom. The summed E-state index contributed by atoms with van der Waals surface area (Å²) in [6.45, 7) is 4.19. The summed E-state index contributed by atoms with van der Waals surface area (Å²) in [6, 6.07) is 23.4. The Morgan fingerprint density at radius 3 is 2.40 bits per heavy atom. The van der Waals surface area contributed by atoms with Crippen molar-refractivity contribution in [2.24, 2.45) is 0 Å². The second-order valence-corrected chi connectivity index (χ2v) is 11.9. The van der Waals surface area contributed by atoms with E-state index in [-0.39, 0.29) is 29.6 Å². The lowest BCUT2D eigenvalue weighted by Crippen LogP contribution is -2.47. The van der Waals surface area contributed by atoms with Crippen LogP contribution in [-0.2, 0) is 16.6 Å². The summed E-state index contributed by atoms with van der Waals surface area (Å²) in [5.41, 5.74) is 2.20. The quantitative estimate of drug-likeness (QED) is 0.292. The van der Waals surface area contributed by atoms with E-state index in [0.717, 1.165) is 5.56 Å². The molecule has 10 nitrogen and oxygen atoms in total. The number of methoxy groups -OCH3 is 1. The molecule has 0 spiro atoms. The second kappa shape index (κ2) is 12.7. The van der Waals surface area contributed by atoms with Gasteiger partial charge in [-0.05, 0) is 36.2 Å². The first-order valence-electron chi connectivity index (χ1n) is 14.0. The molecule has 1 amide bonds. The van der Waals surface area contributed by atoms with Gasteiger partial charge in [0.15, 0.2) is 0 Å². The number of ether oxygens (including phenoxy) is 1. The lowest BCUT2D eigenvalue weighted by Gasteiger charge is -2.28. The average Bonchev–Trinajstić information content (AvgIpc) is 3.29. The maximum atomic E-state index is 14.5. The molecule has 1 aliphatic rings. The summed E-state index contributed by atoms with van der Waals surface area (Å²) < 4.78 is 36.7. The average molecular weight is 590 g/mol. The molecule has 1 aromatic heterocycles. The summed E-state index contributed by atoms with van der Waals surface area (Å²) in [6.07, 6.45) is 0.437. The summed E-state index contributed by atoms with van der Waals surface area (Å²) in [5.74, 6) is 0.304. The van der Waals surface area contributed by atoms with Gasteiger partial charge in [-0.3, -0.25) is 18.7 Å². The van der Waals surface area contributed by atoms with Gasteiger partial charge in [-0.1, -0.05) is 61.5 Å². The number of para-hydroxylation sites is 2. The first-order chi connectivity index (χ1) is 20.3. The minimum absolute atomic E-state index is 0.0641. The molecule has 0 atom stereocenters. The molecule has 3 aromatic carbocycles. The molecule has 2 heterocycles. The van der Waals surface area contributed by atoms with Gasteiger partial charge in [-0.25, -0.2) is 13.2 Å². The zero-order chi connectivity index (χ0) is 29.7. The fraction of sp³-hybridized carbons (Fsp3) is 0.290. The number of hydrogen-bond donors (Lipinski definition) is 2. The number of amides is 1. The summed E-state index contributed by atoms with van der Waals surface area (Å²) >= 11 is 0. The molecule has 0 saturated carbocycles. The molecule has 0 bridgehead atoms. The second-order valence-electron chi connectivity index (χ2n) is 10.1. The van der Waals surface area contributed by atoms with E-state index in [1.54, 1.807) is 43.2 Å². The van der Waals surface area contributed by atoms with Crippen LogP contribution in [0.25, 0.3) is 16.9 Å². The van der Waals surface area contributed by atoms with E-state index in [2.05, 4.69) is 10.0 Å². The molecule has 0 unspecified atom stereocenters. The van der Waals surface area contributed by atoms with Crippen LogP contribution in [0.2, 0.25) is 0 Å². The van der Waals surface area contributed by atoms with Crippen LogP contribution in [0.15, 0.2) is 83.7 Å². The number of imidazole rings is 1. The van der Waals surface area contributed by atoms with E-state index < -0.39 is 15.7 Å². The molecule has 1 saturated heterocycles. The number of anilines is 1. The predicted molar refractivity (Wildman–Crippen MR) is 164 cm³/mol. The SMILES string of the molecule is CCCS(=O)(=O)Nc1ccccc1-n1c(-c2ccccc2)c(C(=O)N2CCNCC2)n(Cc2cccc(OC)c2)c1=O. The normalized spacial score (nSPS) is 13.6. The van der Waals surface area contributed by atoms with E-state index in [4.69, 9.17) is 4.74 Å². The maximum Gasteiger partial charge on any atom is 0.334 e. The number of nitrogens with one attached hydrogen (secondary N) is 2. The standard InChI is InChI=1S/C31H35N5O5S/c1-3-20-42(39,40)33-26-14-7-8-15-27(26)36-28(24-11-5-4-6-12-24)29(30(37)34-18-16-32-17-19-34)35(31(36)38)22-23-10-9-13-25(21-23)41-2/h4-15,21,32-33H,3,16-20,22H2,1-2H3. The maximum absolute atomic E-state index is 14.5. The van der Waals surface area contributed by atoms with Crippen molar-refractivity contribution >= 4 is 21.6 Å². The van der Waals surface area contributed by atoms with Crippen LogP contribution in [0.4, 0.5) is 5.69 Å². The van der Waals surface area contributed by atoms with Crippen LogP contribution >= 0.6 is 0 Å². The van der Waals surface area contributed by atoms with Crippen molar-refractivity contribution in [1.29, 1.82) is 0 Å². The number of piperazine rings is 1. The molecule has 5 rings (SSSR count). The fourth-order valence-electron chi connectivity index (χ4n) is 5.21. The molecule has 0 radical (unpaired) electrons.